The number of aromatic nitrogens is 3. The van der Waals surface area contributed by atoms with Crippen molar-refractivity contribution in [3.05, 3.63) is 29.6 Å². The Morgan fingerprint density at radius 2 is 2.19 bits per heavy atom. The number of amides is 1. The van der Waals surface area contributed by atoms with Gasteiger partial charge in [0, 0.05) is 17.6 Å². The van der Waals surface area contributed by atoms with Gasteiger partial charge in [0.05, 0.1) is 10.6 Å². The Morgan fingerprint density at radius 1 is 1.42 bits per heavy atom. The van der Waals surface area contributed by atoms with E-state index >= 15 is 0 Å². The van der Waals surface area contributed by atoms with Crippen LogP contribution in [0, 0.1) is 0 Å². The number of H-pyrrole nitrogens is 1. The van der Waals surface area contributed by atoms with Crippen LogP contribution in [0.4, 0.5) is 5.69 Å². The van der Waals surface area contributed by atoms with Crippen molar-refractivity contribution in [2.75, 3.05) is 10.7 Å². The van der Waals surface area contributed by atoms with Gasteiger partial charge >= 0.3 is 0 Å². The molecule has 1 aliphatic heterocycles. The molecule has 0 saturated heterocycles. The molecule has 0 unspecified atom stereocenters. The van der Waals surface area contributed by atoms with Gasteiger partial charge in [-0.3, -0.25) is 9.89 Å². The van der Waals surface area contributed by atoms with Crippen molar-refractivity contribution >= 4 is 33.4 Å². The second-order valence-corrected chi connectivity index (χ2v) is 9.22. The van der Waals surface area contributed by atoms with Gasteiger partial charge in [-0.05, 0) is 49.9 Å². The number of hydrogen-bond acceptors (Lipinski definition) is 6. The highest BCUT2D eigenvalue weighted by molar-refractivity contribution is 7.99. The molecule has 1 aliphatic carbocycles. The highest BCUT2D eigenvalue weighted by Crippen LogP contribution is 2.38. The first-order valence-electron chi connectivity index (χ1n) is 8.36. The fraction of sp³-hybridized carbons (Fsp3) is 0.438. The van der Waals surface area contributed by atoms with E-state index in [-0.39, 0.29) is 22.6 Å². The molecule has 0 radical (unpaired) electrons. The number of nitrogens with two attached hydrogens (primary N) is 1. The Kier molecular flexibility index (Phi) is 4.28. The summed E-state index contributed by atoms with van der Waals surface area (Å²) in [6, 6.07) is 4.61. The lowest BCUT2D eigenvalue weighted by atomic mass is 10.1. The summed E-state index contributed by atoms with van der Waals surface area (Å²) in [5.41, 5.74) is 1.56. The van der Waals surface area contributed by atoms with Gasteiger partial charge in [0.2, 0.25) is 21.1 Å². The van der Waals surface area contributed by atoms with Gasteiger partial charge in [0.1, 0.15) is 5.82 Å². The number of thioether (sulfide) groups is 1. The summed E-state index contributed by atoms with van der Waals surface area (Å²) in [4.78, 5) is 18.9. The lowest BCUT2D eigenvalue weighted by molar-refractivity contribution is -0.116. The van der Waals surface area contributed by atoms with Crippen LogP contribution in [0.1, 0.15) is 37.1 Å². The van der Waals surface area contributed by atoms with Crippen molar-refractivity contribution in [1.82, 2.24) is 15.2 Å². The van der Waals surface area contributed by atoms with Gasteiger partial charge in [0.15, 0.2) is 0 Å². The average Bonchev–Trinajstić information content (AvgIpc) is 3.22. The molecular weight excluding hydrogens is 374 g/mol. The van der Waals surface area contributed by atoms with E-state index in [0.717, 1.165) is 29.9 Å². The lowest BCUT2D eigenvalue weighted by Gasteiger charge is -2.22. The molecule has 1 fully saturated rings. The van der Waals surface area contributed by atoms with Gasteiger partial charge in [-0.2, -0.15) is 0 Å². The molecule has 1 amide bonds. The van der Waals surface area contributed by atoms with E-state index in [0.29, 0.717) is 17.5 Å². The molecule has 3 N–H and O–H groups in total. The highest BCUT2D eigenvalue weighted by Gasteiger charge is 2.32. The number of carbonyl (C=O) groups is 1. The number of hydrogen-bond donors (Lipinski definition) is 2. The summed E-state index contributed by atoms with van der Waals surface area (Å²) in [6.45, 7) is 1.94. The largest absolute Gasteiger partial charge is 0.308 e. The maximum absolute atomic E-state index is 12.7. The van der Waals surface area contributed by atoms with Crippen molar-refractivity contribution in [3.8, 4) is 0 Å². The molecule has 1 aromatic carbocycles. The van der Waals surface area contributed by atoms with Crippen molar-refractivity contribution in [2.24, 2.45) is 5.14 Å². The van der Waals surface area contributed by atoms with Crippen LogP contribution in [-0.4, -0.2) is 41.3 Å². The molecule has 8 nitrogen and oxygen atoms in total. The second-order valence-electron chi connectivity index (χ2n) is 6.72. The number of nitrogens with zero attached hydrogens (tertiary/aromatic N) is 3. The van der Waals surface area contributed by atoms with Crippen LogP contribution < -0.4 is 10.0 Å². The fourth-order valence-electron chi connectivity index (χ4n) is 3.22. The standard InChI is InChI=1S/C16H19N5O3S2/c1-9-6-11-7-12(26(17,23)24)4-5-13(11)21(9)14(22)8-25-16-18-15(19-20-16)10-2-3-10/h4-5,7,9-10H,2-3,6,8H2,1H3,(H2,17,23,24)(H,18,19,20)/t9-/m1/s1. The third-order valence-corrected chi connectivity index (χ3v) is 6.38. The number of fused-ring (bicyclic) bond motifs is 1. The second kappa shape index (κ2) is 6.36. The molecule has 1 atom stereocenters. The number of primary sulfonamides is 1. The molecule has 26 heavy (non-hydrogen) atoms. The Bertz CT molecular complexity index is 968. The monoisotopic (exact) mass is 393 g/mol. The molecule has 2 aliphatic rings. The zero-order chi connectivity index (χ0) is 18.5. The molecule has 0 spiro atoms. The number of carbonyl (C=O) groups excluding carboxylic acids is 1. The molecule has 2 aromatic rings. The summed E-state index contributed by atoms with van der Waals surface area (Å²) < 4.78 is 23.0. The Balaban J connectivity index is 1.48. The zero-order valence-electron chi connectivity index (χ0n) is 14.2. The van der Waals surface area contributed by atoms with E-state index in [2.05, 4.69) is 15.2 Å². The van der Waals surface area contributed by atoms with E-state index in [1.54, 1.807) is 17.0 Å². The molecule has 0 bridgehead atoms. The minimum absolute atomic E-state index is 0.0389. The normalized spacial score (nSPS) is 19.6. The zero-order valence-corrected chi connectivity index (χ0v) is 15.8. The summed E-state index contributed by atoms with van der Waals surface area (Å²) >= 11 is 1.30. The van der Waals surface area contributed by atoms with E-state index < -0.39 is 10.0 Å². The van der Waals surface area contributed by atoms with Crippen LogP contribution in [0.5, 0.6) is 0 Å². The van der Waals surface area contributed by atoms with Gasteiger partial charge in [-0.1, -0.05) is 11.8 Å². The summed E-state index contributed by atoms with van der Waals surface area (Å²) in [5.74, 6) is 1.56. The molecule has 2 heterocycles. The Hall–Kier alpha value is -1.91. The predicted octanol–water partition coefficient (Wildman–Crippen LogP) is 1.40. The predicted molar refractivity (Wildman–Crippen MR) is 97.5 cm³/mol. The van der Waals surface area contributed by atoms with Gasteiger partial charge in [-0.15, -0.1) is 5.10 Å². The van der Waals surface area contributed by atoms with E-state index in [1.807, 2.05) is 6.92 Å². The van der Waals surface area contributed by atoms with Crippen LogP contribution in [0.3, 0.4) is 0 Å². The van der Waals surface area contributed by atoms with E-state index in [9.17, 15) is 13.2 Å². The number of nitrogens with one attached hydrogen (secondary N) is 1. The summed E-state index contributed by atoms with van der Waals surface area (Å²) in [5, 5.41) is 12.9. The minimum Gasteiger partial charge on any atom is -0.308 e. The molecule has 138 valence electrons. The number of sulfonamides is 1. The number of rotatable bonds is 5. The molecule has 4 rings (SSSR count). The first-order valence-corrected chi connectivity index (χ1v) is 10.9. The van der Waals surface area contributed by atoms with Gasteiger partial charge in [-0.25, -0.2) is 18.5 Å². The van der Waals surface area contributed by atoms with Crippen molar-refractivity contribution in [2.45, 2.75) is 48.2 Å². The van der Waals surface area contributed by atoms with Gasteiger partial charge < -0.3 is 4.90 Å². The smallest absolute Gasteiger partial charge is 0.238 e. The van der Waals surface area contributed by atoms with Crippen LogP contribution in [0.15, 0.2) is 28.3 Å². The SMILES string of the molecule is C[C@@H]1Cc2cc(S(N)(=O)=O)ccc2N1C(=O)CSc1n[nH]c(C2CC2)n1. The first kappa shape index (κ1) is 17.5. The van der Waals surface area contributed by atoms with Crippen LogP contribution in [0.2, 0.25) is 0 Å². The minimum atomic E-state index is -3.75. The quantitative estimate of drug-likeness (QED) is 0.741. The topological polar surface area (TPSA) is 122 Å². The number of benzene rings is 1. The van der Waals surface area contributed by atoms with Crippen LogP contribution in [0.25, 0.3) is 0 Å². The third-order valence-electron chi connectivity index (χ3n) is 4.63. The van der Waals surface area contributed by atoms with Gasteiger partial charge in [0.25, 0.3) is 0 Å². The summed E-state index contributed by atoms with van der Waals surface area (Å²) in [6.07, 6.45) is 2.88. The van der Waals surface area contributed by atoms with E-state index in [4.69, 9.17) is 5.14 Å². The summed E-state index contributed by atoms with van der Waals surface area (Å²) in [7, 11) is -3.75. The molecular formula is C16H19N5O3S2. The van der Waals surface area contributed by atoms with Crippen molar-refractivity contribution in [1.29, 1.82) is 0 Å². The van der Waals surface area contributed by atoms with Crippen molar-refractivity contribution in [3.63, 3.8) is 0 Å². The highest BCUT2D eigenvalue weighted by atomic mass is 32.2. The molecule has 1 aromatic heterocycles. The fourth-order valence-corrected chi connectivity index (χ4v) is 4.45. The maximum Gasteiger partial charge on any atom is 0.238 e. The number of anilines is 1. The molecule has 1 saturated carbocycles. The average molecular weight is 393 g/mol. The maximum atomic E-state index is 12.7. The first-order chi connectivity index (χ1) is 12.3. The number of aromatic amines is 1. The Morgan fingerprint density at radius 3 is 2.88 bits per heavy atom. The van der Waals surface area contributed by atoms with E-state index in [1.165, 1.54) is 17.8 Å². The van der Waals surface area contributed by atoms with Crippen LogP contribution >= 0.6 is 11.8 Å². The lowest BCUT2D eigenvalue weighted by Crippen LogP contribution is -2.37. The molecule has 10 heteroatoms. The Labute approximate surface area is 155 Å². The van der Waals surface area contributed by atoms with Crippen molar-refractivity contribution < 1.29 is 13.2 Å². The third kappa shape index (κ3) is 3.36. The van der Waals surface area contributed by atoms with Crippen LogP contribution in [-0.2, 0) is 21.2 Å².